The van der Waals surface area contributed by atoms with Gasteiger partial charge < -0.3 is 4.74 Å². The first-order valence-electron chi connectivity index (χ1n) is 6.05. The van der Waals surface area contributed by atoms with Crippen LogP contribution in [0, 0.1) is 0 Å². The van der Waals surface area contributed by atoms with Gasteiger partial charge in [-0.15, -0.1) is 0 Å². The Hall–Kier alpha value is -1.64. The molecule has 0 aromatic rings. The van der Waals surface area contributed by atoms with Gasteiger partial charge in [-0.25, -0.2) is 0 Å². The second-order valence-corrected chi connectivity index (χ2v) is 4.35. The molecule has 0 radical (unpaired) electrons. The molecule has 0 saturated carbocycles. The van der Waals surface area contributed by atoms with Crippen molar-refractivity contribution in [2.45, 2.75) is 40.5 Å². The Morgan fingerprint density at radius 3 is 2.28 bits per heavy atom. The van der Waals surface area contributed by atoms with Crippen LogP contribution in [0.3, 0.4) is 0 Å². The van der Waals surface area contributed by atoms with E-state index >= 15 is 0 Å². The van der Waals surface area contributed by atoms with E-state index < -0.39 is 0 Å². The van der Waals surface area contributed by atoms with Gasteiger partial charge in [-0.2, -0.15) is 0 Å². The highest BCUT2D eigenvalue weighted by Crippen LogP contribution is 2.07. The number of ether oxygens (including phenoxy) is 1. The van der Waals surface area contributed by atoms with Crippen LogP contribution in [-0.2, 0) is 14.3 Å². The third-order valence-electron chi connectivity index (χ3n) is 2.25. The quantitative estimate of drug-likeness (QED) is 0.301. The summed E-state index contributed by atoms with van der Waals surface area (Å²) in [4.78, 5) is 21.3. The van der Waals surface area contributed by atoms with Gasteiger partial charge >= 0.3 is 5.97 Å². The highest BCUT2D eigenvalue weighted by Gasteiger charge is 1.94. The van der Waals surface area contributed by atoms with Crippen molar-refractivity contribution in [1.29, 1.82) is 0 Å². The standard InChI is InChI=1S/C15H22O3/c1-12(8-6-10-14(3)16)7-5-9-13(2)11-18-15(4)17/h6,8-10H,5,7,11H2,1-4H3. The molecule has 0 aliphatic carbocycles. The van der Waals surface area contributed by atoms with Crippen LogP contribution in [0.4, 0.5) is 0 Å². The summed E-state index contributed by atoms with van der Waals surface area (Å²) < 4.78 is 4.88. The fourth-order valence-corrected chi connectivity index (χ4v) is 1.25. The van der Waals surface area contributed by atoms with E-state index in [1.807, 2.05) is 19.9 Å². The van der Waals surface area contributed by atoms with Crippen molar-refractivity contribution < 1.29 is 14.3 Å². The monoisotopic (exact) mass is 250 g/mol. The van der Waals surface area contributed by atoms with Gasteiger partial charge in [0, 0.05) is 6.92 Å². The number of rotatable bonds is 7. The number of allylic oxidation sites excluding steroid dienone is 5. The minimum absolute atomic E-state index is 0.0520. The molecule has 3 nitrogen and oxygen atoms in total. The summed E-state index contributed by atoms with van der Waals surface area (Å²) in [6, 6.07) is 0. The molecule has 0 heterocycles. The van der Waals surface area contributed by atoms with E-state index in [0.717, 1.165) is 18.4 Å². The lowest BCUT2D eigenvalue weighted by atomic mass is 10.1. The minimum atomic E-state index is -0.256. The summed E-state index contributed by atoms with van der Waals surface area (Å²) in [6.45, 7) is 7.27. The molecule has 0 fully saturated rings. The molecule has 0 saturated heterocycles. The van der Waals surface area contributed by atoms with Crippen LogP contribution in [0.15, 0.2) is 35.5 Å². The van der Waals surface area contributed by atoms with Gasteiger partial charge in [-0.3, -0.25) is 9.59 Å². The van der Waals surface area contributed by atoms with E-state index in [4.69, 9.17) is 4.74 Å². The second kappa shape index (κ2) is 9.40. The fraction of sp³-hybridized carbons (Fsp3) is 0.467. The van der Waals surface area contributed by atoms with Crippen molar-refractivity contribution in [2.24, 2.45) is 0 Å². The van der Waals surface area contributed by atoms with E-state index in [-0.39, 0.29) is 11.8 Å². The SMILES string of the molecule is CC(=O)C=CC=C(C)CCC=C(C)COC(C)=O. The van der Waals surface area contributed by atoms with Crippen LogP contribution in [0.2, 0.25) is 0 Å². The second-order valence-electron chi connectivity index (χ2n) is 4.35. The average molecular weight is 250 g/mol. The van der Waals surface area contributed by atoms with Crippen molar-refractivity contribution in [3.63, 3.8) is 0 Å². The van der Waals surface area contributed by atoms with Crippen molar-refractivity contribution in [3.05, 3.63) is 35.5 Å². The molecule has 0 spiro atoms. The molecule has 0 atom stereocenters. The number of carbonyl (C=O) groups is 2. The average Bonchev–Trinajstić information content (AvgIpc) is 2.25. The predicted molar refractivity (Wildman–Crippen MR) is 73.2 cm³/mol. The summed E-state index contributed by atoms with van der Waals surface area (Å²) in [7, 11) is 0. The molecule has 0 N–H and O–H groups in total. The number of hydrogen-bond acceptors (Lipinski definition) is 3. The first-order chi connectivity index (χ1) is 8.41. The maximum absolute atomic E-state index is 10.7. The van der Waals surface area contributed by atoms with Gasteiger partial charge in [-0.1, -0.05) is 23.8 Å². The molecule has 0 amide bonds. The van der Waals surface area contributed by atoms with Crippen molar-refractivity contribution in [2.75, 3.05) is 6.61 Å². The van der Waals surface area contributed by atoms with E-state index in [9.17, 15) is 9.59 Å². The van der Waals surface area contributed by atoms with Crippen LogP contribution in [-0.4, -0.2) is 18.4 Å². The van der Waals surface area contributed by atoms with Gasteiger partial charge in [0.15, 0.2) is 5.78 Å². The number of carbonyl (C=O) groups excluding carboxylic acids is 2. The van der Waals surface area contributed by atoms with E-state index in [1.165, 1.54) is 19.4 Å². The minimum Gasteiger partial charge on any atom is -0.461 e. The lowest BCUT2D eigenvalue weighted by Gasteiger charge is -2.02. The van der Waals surface area contributed by atoms with Crippen molar-refractivity contribution in [1.82, 2.24) is 0 Å². The first-order valence-corrected chi connectivity index (χ1v) is 6.05. The van der Waals surface area contributed by atoms with Crippen molar-refractivity contribution in [3.8, 4) is 0 Å². The summed E-state index contributed by atoms with van der Waals surface area (Å²) in [6.07, 6.45) is 9.16. The third-order valence-corrected chi connectivity index (χ3v) is 2.25. The lowest BCUT2D eigenvalue weighted by molar-refractivity contribution is -0.140. The summed E-state index contributed by atoms with van der Waals surface area (Å²) in [5.41, 5.74) is 2.27. The Bertz CT molecular complexity index is 373. The van der Waals surface area contributed by atoms with Crippen molar-refractivity contribution >= 4 is 11.8 Å². The lowest BCUT2D eigenvalue weighted by Crippen LogP contribution is -2.01. The molecule has 3 heteroatoms. The highest BCUT2D eigenvalue weighted by molar-refractivity contribution is 5.87. The molecule has 0 unspecified atom stereocenters. The Labute approximate surface area is 109 Å². The Morgan fingerprint density at radius 1 is 1.06 bits per heavy atom. The zero-order valence-electron chi connectivity index (χ0n) is 11.7. The molecule has 18 heavy (non-hydrogen) atoms. The zero-order chi connectivity index (χ0) is 14.0. The van der Waals surface area contributed by atoms with Crippen LogP contribution in [0.1, 0.15) is 40.5 Å². The number of esters is 1. The first kappa shape index (κ1) is 16.4. The molecule has 0 aliphatic rings. The number of ketones is 1. The zero-order valence-corrected chi connectivity index (χ0v) is 11.7. The smallest absolute Gasteiger partial charge is 0.302 e. The van der Waals surface area contributed by atoms with Crippen LogP contribution >= 0.6 is 0 Å². The van der Waals surface area contributed by atoms with Crippen LogP contribution in [0.5, 0.6) is 0 Å². The molecule has 0 aromatic heterocycles. The Balaban J connectivity index is 3.98. The maximum Gasteiger partial charge on any atom is 0.302 e. The van der Waals surface area contributed by atoms with E-state index in [1.54, 1.807) is 12.2 Å². The van der Waals surface area contributed by atoms with E-state index in [2.05, 4.69) is 6.08 Å². The molecule has 100 valence electrons. The summed E-state index contributed by atoms with van der Waals surface area (Å²) in [5, 5.41) is 0. The van der Waals surface area contributed by atoms with Gasteiger partial charge in [0.05, 0.1) is 0 Å². The van der Waals surface area contributed by atoms with Gasteiger partial charge in [-0.05, 0) is 45.3 Å². The molecule has 0 bridgehead atoms. The third kappa shape index (κ3) is 10.9. The predicted octanol–water partition coefficient (Wildman–Crippen LogP) is 3.37. The summed E-state index contributed by atoms with van der Waals surface area (Å²) in [5.74, 6) is -0.204. The molecule has 0 rings (SSSR count). The summed E-state index contributed by atoms with van der Waals surface area (Å²) >= 11 is 0. The molecule has 0 aromatic carbocycles. The Morgan fingerprint density at radius 2 is 1.72 bits per heavy atom. The topological polar surface area (TPSA) is 43.4 Å². The molecular weight excluding hydrogens is 228 g/mol. The number of hydrogen-bond donors (Lipinski definition) is 0. The molecular formula is C15H22O3. The van der Waals surface area contributed by atoms with E-state index in [0.29, 0.717) is 6.61 Å². The Kier molecular flexibility index (Phi) is 8.54. The van der Waals surface area contributed by atoms with Crippen LogP contribution in [0.25, 0.3) is 0 Å². The maximum atomic E-state index is 10.7. The largest absolute Gasteiger partial charge is 0.461 e. The van der Waals surface area contributed by atoms with Gasteiger partial charge in [0.2, 0.25) is 0 Å². The normalized spacial score (nSPS) is 12.9. The van der Waals surface area contributed by atoms with Gasteiger partial charge in [0.1, 0.15) is 6.61 Å². The molecule has 0 aliphatic heterocycles. The highest BCUT2D eigenvalue weighted by atomic mass is 16.5. The van der Waals surface area contributed by atoms with Crippen LogP contribution < -0.4 is 0 Å². The fourth-order valence-electron chi connectivity index (χ4n) is 1.25. The van der Waals surface area contributed by atoms with Gasteiger partial charge in [0.25, 0.3) is 0 Å².